The van der Waals surface area contributed by atoms with Crippen molar-refractivity contribution >= 4 is 17.2 Å². The highest BCUT2D eigenvalue weighted by molar-refractivity contribution is 7.10. The first-order valence-electron chi connectivity index (χ1n) is 7.00. The minimum atomic E-state index is -0.241. The number of carbonyl (C=O) groups excluding carboxylic acids is 1. The lowest BCUT2D eigenvalue weighted by atomic mass is 10.1. The van der Waals surface area contributed by atoms with Gasteiger partial charge in [-0.2, -0.15) is 0 Å². The van der Waals surface area contributed by atoms with E-state index in [-0.39, 0.29) is 11.7 Å². The number of carbonyl (C=O) groups is 1. The van der Waals surface area contributed by atoms with E-state index in [0.29, 0.717) is 13.1 Å². The average molecular weight is 304 g/mol. The monoisotopic (exact) mass is 304 g/mol. The number of nitrogens with one attached hydrogen (secondary N) is 1. The number of hydrogen-bond acceptors (Lipinski definition) is 3. The van der Waals surface area contributed by atoms with Crippen LogP contribution in [0.5, 0.6) is 0 Å². The molecule has 0 unspecified atom stereocenters. The summed E-state index contributed by atoms with van der Waals surface area (Å²) >= 11 is 1.77. The Morgan fingerprint density at radius 1 is 1.29 bits per heavy atom. The molecule has 21 heavy (non-hydrogen) atoms. The van der Waals surface area contributed by atoms with Crippen LogP contribution in [0.25, 0.3) is 0 Å². The highest BCUT2D eigenvalue weighted by atomic mass is 32.1. The van der Waals surface area contributed by atoms with Crippen LogP contribution in [0.2, 0.25) is 0 Å². The molecule has 1 aromatic carbocycles. The van der Waals surface area contributed by atoms with Crippen LogP contribution < -0.4 is 5.32 Å². The number of nitrogens with zero attached hydrogens (tertiary/aromatic N) is 1. The zero-order chi connectivity index (χ0) is 14.7. The van der Waals surface area contributed by atoms with Crippen molar-refractivity contribution in [2.75, 3.05) is 13.1 Å². The molecule has 0 spiro atoms. The third-order valence-corrected chi connectivity index (χ3v) is 4.70. The summed E-state index contributed by atoms with van der Waals surface area (Å²) in [7, 11) is 0. The fourth-order valence-electron chi connectivity index (χ4n) is 2.49. The summed E-state index contributed by atoms with van der Waals surface area (Å²) in [5.41, 5.74) is 2.25. The maximum atomic E-state index is 12.8. The van der Waals surface area contributed by atoms with Crippen molar-refractivity contribution in [3.8, 4) is 0 Å². The predicted molar refractivity (Wildman–Crippen MR) is 81.5 cm³/mol. The van der Waals surface area contributed by atoms with Gasteiger partial charge in [0.1, 0.15) is 5.82 Å². The molecule has 0 saturated heterocycles. The minimum absolute atomic E-state index is 0.119. The smallest absolute Gasteiger partial charge is 0.236 e. The zero-order valence-electron chi connectivity index (χ0n) is 11.6. The second-order valence-corrected chi connectivity index (χ2v) is 6.16. The second kappa shape index (κ2) is 6.37. The first-order valence-corrected chi connectivity index (χ1v) is 7.88. The van der Waals surface area contributed by atoms with Crippen LogP contribution in [-0.2, 0) is 24.3 Å². The van der Waals surface area contributed by atoms with Gasteiger partial charge in [0, 0.05) is 24.5 Å². The Kier molecular flexibility index (Phi) is 4.31. The first-order chi connectivity index (χ1) is 10.2. The molecule has 1 N–H and O–H groups in total. The highest BCUT2D eigenvalue weighted by Gasteiger charge is 2.20. The third kappa shape index (κ3) is 3.49. The lowest BCUT2D eigenvalue weighted by Gasteiger charge is -2.27. The molecule has 1 amide bonds. The number of benzene rings is 1. The highest BCUT2D eigenvalue weighted by Crippen LogP contribution is 2.23. The van der Waals surface area contributed by atoms with Crippen molar-refractivity contribution in [2.24, 2.45) is 0 Å². The van der Waals surface area contributed by atoms with E-state index in [0.717, 1.165) is 25.1 Å². The topological polar surface area (TPSA) is 32.3 Å². The summed E-state index contributed by atoms with van der Waals surface area (Å²) in [4.78, 5) is 15.5. The lowest BCUT2D eigenvalue weighted by molar-refractivity contribution is -0.131. The Morgan fingerprint density at radius 2 is 2.10 bits per heavy atom. The summed E-state index contributed by atoms with van der Waals surface area (Å²) < 4.78 is 12.8. The molecule has 2 heterocycles. The van der Waals surface area contributed by atoms with Gasteiger partial charge in [0.2, 0.25) is 5.91 Å². The fourth-order valence-corrected chi connectivity index (χ4v) is 3.38. The molecule has 2 aromatic rings. The van der Waals surface area contributed by atoms with Crippen molar-refractivity contribution in [2.45, 2.75) is 19.5 Å². The molecular formula is C16H17FN2OS. The van der Waals surface area contributed by atoms with Gasteiger partial charge in [0.15, 0.2) is 0 Å². The Balaban J connectivity index is 1.48. The molecule has 5 heteroatoms. The Morgan fingerprint density at radius 3 is 2.90 bits per heavy atom. The van der Waals surface area contributed by atoms with E-state index >= 15 is 0 Å². The van der Waals surface area contributed by atoms with Gasteiger partial charge in [-0.05, 0) is 41.1 Å². The van der Waals surface area contributed by atoms with Gasteiger partial charge < -0.3 is 10.2 Å². The van der Waals surface area contributed by atoms with Gasteiger partial charge in [-0.25, -0.2) is 4.39 Å². The Labute approximate surface area is 127 Å². The van der Waals surface area contributed by atoms with Crippen LogP contribution in [0.4, 0.5) is 4.39 Å². The molecule has 3 rings (SSSR count). The van der Waals surface area contributed by atoms with Crippen LogP contribution in [0.1, 0.15) is 16.0 Å². The number of amides is 1. The minimum Gasteiger partial charge on any atom is -0.337 e. The van der Waals surface area contributed by atoms with Crippen molar-refractivity contribution in [1.29, 1.82) is 0 Å². The number of thiophene rings is 1. The normalized spacial score (nSPS) is 14.0. The number of hydrogen-bond donors (Lipinski definition) is 1. The van der Waals surface area contributed by atoms with Crippen LogP contribution in [0.3, 0.4) is 0 Å². The molecule has 1 aliphatic rings. The van der Waals surface area contributed by atoms with E-state index in [1.165, 1.54) is 22.6 Å². The number of rotatable bonds is 4. The van der Waals surface area contributed by atoms with Gasteiger partial charge in [-0.15, -0.1) is 11.3 Å². The molecule has 0 fully saturated rings. The molecule has 3 nitrogen and oxygen atoms in total. The van der Waals surface area contributed by atoms with E-state index in [2.05, 4.69) is 16.8 Å². The van der Waals surface area contributed by atoms with Crippen LogP contribution in [-0.4, -0.2) is 23.9 Å². The molecular weight excluding hydrogens is 287 g/mol. The molecule has 0 saturated carbocycles. The van der Waals surface area contributed by atoms with Gasteiger partial charge >= 0.3 is 0 Å². The maximum Gasteiger partial charge on any atom is 0.236 e. The molecule has 0 aliphatic carbocycles. The maximum absolute atomic E-state index is 12.8. The molecule has 1 aromatic heterocycles. The second-order valence-electron chi connectivity index (χ2n) is 5.16. The van der Waals surface area contributed by atoms with E-state index in [4.69, 9.17) is 0 Å². The summed E-state index contributed by atoms with van der Waals surface area (Å²) in [5, 5.41) is 5.21. The standard InChI is InChI=1S/C16H17FN2OS/c17-14-3-1-12(2-4-14)9-18-10-16(20)19-7-5-15-13(11-19)6-8-21-15/h1-4,6,8,18H,5,7,9-11H2. The Hall–Kier alpha value is -1.72. The molecule has 0 radical (unpaired) electrons. The van der Waals surface area contributed by atoms with Crippen molar-refractivity contribution in [1.82, 2.24) is 10.2 Å². The number of fused-ring (bicyclic) bond motifs is 1. The zero-order valence-corrected chi connectivity index (χ0v) is 12.5. The molecule has 110 valence electrons. The molecule has 1 aliphatic heterocycles. The van der Waals surface area contributed by atoms with Gasteiger partial charge in [0.05, 0.1) is 6.54 Å². The largest absolute Gasteiger partial charge is 0.337 e. The fraction of sp³-hybridized carbons (Fsp3) is 0.312. The quantitative estimate of drug-likeness (QED) is 0.941. The molecule has 0 bridgehead atoms. The summed E-state index contributed by atoms with van der Waals surface area (Å²) in [6.45, 7) is 2.40. The van der Waals surface area contributed by atoms with E-state index in [1.54, 1.807) is 23.5 Å². The van der Waals surface area contributed by atoms with E-state index in [1.807, 2.05) is 4.90 Å². The van der Waals surface area contributed by atoms with E-state index in [9.17, 15) is 9.18 Å². The summed E-state index contributed by atoms with van der Waals surface area (Å²) in [5.74, 6) is -0.122. The average Bonchev–Trinajstić information content (AvgIpc) is 2.96. The van der Waals surface area contributed by atoms with Crippen molar-refractivity contribution < 1.29 is 9.18 Å². The molecule has 0 atom stereocenters. The predicted octanol–water partition coefficient (Wildman–Crippen LogP) is 2.56. The lowest BCUT2D eigenvalue weighted by Crippen LogP contribution is -2.40. The Bertz CT molecular complexity index is 623. The van der Waals surface area contributed by atoms with Gasteiger partial charge in [-0.1, -0.05) is 12.1 Å². The van der Waals surface area contributed by atoms with E-state index < -0.39 is 0 Å². The van der Waals surface area contributed by atoms with Crippen LogP contribution in [0.15, 0.2) is 35.7 Å². The SMILES string of the molecule is O=C(CNCc1ccc(F)cc1)N1CCc2sccc2C1. The van der Waals surface area contributed by atoms with Crippen LogP contribution in [0, 0.1) is 5.82 Å². The van der Waals surface area contributed by atoms with Crippen LogP contribution >= 0.6 is 11.3 Å². The van der Waals surface area contributed by atoms with Gasteiger partial charge in [-0.3, -0.25) is 4.79 Å². The van der Waals surface area contributed by atoms with Crippen molar-refractivity contribution in [3.05, 3.63) is 57.5 Å². The van der Waals surface area contributed by atoms with Gasteiger partial charge in [0.25, 0.3) is 0 Å². The van der Waals surface area contributed by atoms with Crippen molar-refractivity contribution in [3.63, 3.8) is 0 Å². The summed E-state index contributed by atoms with van der Waals surface area (Å²) in [6.07, 6.45) is 0.955. The third-order valence-electron chi connectivity index (χ3n) is 3.68. The summed E-state index contributed by atoms with van der Waals surface area (Å²) in [6, 6.07) is 8.42. The first kappa shape index (κ1) is 14.2. The number of halogens is 1.